The summed E-state index contributed by atoms with van der Waals surface area (Å²) in [5, 5.41) is 11.8. The van der Waals surface area contributed by atoms with Crippen LogP contribution in [0.4, 0.5) is 0 Å². The molecule has 1 saturated carbocycles. The predicted molar refractivity (Wildman–Crippen MR) is 87.0 cm³/mol. The van der Waals surface area contributed by atoms with Gasteiger partial charge in [0.2, 0.25) is 0 Å². The van der Waals surface area contributed by atoms with E-state index in [0.29, 0.717) is 17.9 Å². The van der Waals surface area contributed by atoms with Gasteiger partial charge in [-0.2, -0.15) is 5.26 Å². The highest BCUT2D eigenvalue weighted by Crippen LogP contribution is 2.47. The third-order valence-electron chi connectivity index (χ3n) is 4.20. The van der Waals surface area contributed by atoms with Gasteiger partial charge in [-0.1, -0.05) is 36.4 Å². The largest absolute Gasteiger partial charge is 0.484 e. The molecular formula is C19H18N2O2. The van der Waals surface area contributed by atoms with Crippen molar-refractivity contribution in [3.8, 4) is 11.8 Å². The first-order valence-corrected chi connectivity index (χ1v) is 7.67. The molecule has 2 aromatic carbocycles. The SMILES string of the molecule is N#Cc1cccc(OCC(=O)NCC2(c3ccccc3)CC2)c1. The normalized spacial score (nSPS) is 14.6. The van der Waals surface area contributed by atoms with Crippen molar-refractivity contribution in [2.24, 2.45) is 0 Å². The van der Waals surface area contributed by atoms with Crippen molar-refractivity contribution < 1.29 is 9.53 Å². The second kappa shape index (κ2) is 6.53. The number of nitrogens with zero attached hydrogens (tertiary/aromatic N) is 1. The molecule has 0 bridgehead atoms. The van der Waals surface area contributed by atoms with Gasteiger partial charge in [-0.05, 0) is 36.6 Å². The molecule has 0 radical (unpaired) electrons. The third kappa shape index (κ3) is 3.70. The lowest BCUT2D eigenvalue weighted by molar-refractivity contribution is -0.123. The Bertz CT molecular complexity index is 731. The van der Waals surface area contributed by atoms with Gasteiger partial charge in [0.25, 0.3) is 5.91 Å². The third-order valence-corrected chi connectivity index (χ3v) is 4.20. The number of nitriles is 1. The maximum atomic E-state index is 12.0. The predicted octanol–water partition coefficient (Wildman–Crippen LogP) is 2.79. The molecule has 0 heterocycles. The van der Waals surface area contributed by atoms with E-state index in [9.17, 15) is 4.79 Å². The first kappa shape index (κ1) is 15.1. The van der Waals surface area contributed by atoms with Crippen molar-refractivity contribution >= 4 is 5.91 Å². The van der Waals surface area contributed by atoms with Gasteiger partial charge >= 0.3 is 0 Å². The zero-order chi connectivity index (χ0) is 16.1. The summed E-state index contributed by atoms with van der Waals surface area (Å²) in [6, 6.07) is 19.1. The van der Waals surface area contributed by atoms with Crippen LogP contribution < -0.4 is 10.1 Å². The minimum absolute atomic E-state index is 0.0419. The van der Waals surface area contributed by atoms with Crippen LogP contribution in [0, 0.1) is 11.3 Å². The molecule has 3 rings (SSSR count). The monoisotopic (exact) mass is 306 g/mol. The standard InChI is InChI=1S/C19H18N2O2/c20-12-15-5-4-8-17(11-15)23-13-18(22)21-14-19(9-10-19)16-6-2-1-3-7-16/h1-8,11H,9-10,13-14H2,(H,21,22). The molecule has 23 heavy (non-hydrogen) atoms. The molecule has 0 aliphatic heterocycles. The minimum atomic E-state index is -0.144. The molecule has 4 nitrogen and oxygen atoms in total. The molecule has 1 amide bonds. The molecule has 0 unspecified atom stereocenters. The van der Waals surface area contributed by atoms with Crippen LogP contribution in [0.2, 0.25) is 0 Å². The Labute approximate surface area is 135 Å². The van der Waals surface area contributed by atoms with Crippen molar-refractivity contribution in [3.05, 3.63) is 65.7 Å². The highest BCUT2D eigenvalue weighted by Gasteiger charge is 2.44. The molecule has 116 valence electrons. The summed E-state index contributed by atoms with van der Waals surface area (Å²) in [5.74, 6) is 0.387. The highest BCUT2D eigenvalue weighted by molar-refractivity contribution is 5.77. The summed E-state index contributed by atoms with van der Waals surface area (Å²) in [7, 11) is 0. The number of hydrogen-bond acceptors (Lipinski definition) is 3. The Balaban J connectivity index is 1.50. The topological polar surface area (TPSA) is 62.1 Å². The summed E-state index contributed by atoms with van der Waals surface area (Å²) < 4.78 is 5.44. The molecule has 1 N–H and O–H groups in total. The molecule has 0 atom stereocenters. The number of rotatable bonds is 6. The van der Waals surface area contributed by atoms with Crippen molar-refractivity contribution in [1.29, 1.82) is 5.26 Å². The molecule has 2 aromatic rings. The second-order valence-corrected chi connectivity index (χ2v) is 5.85. The molecule has 1 aliphatic carbocycles. The number of carbonyl (C=O) groups is 1. The van der Waals surface area contributed by atoms with E-state index in [1.54, 1.807) is 24.3 Å². The molecular weight excluding hydrogens is 288 g/mol. The van der Waals surface area contributed by atoms with Crippen LogP contribution in [-0.2, 0) is 10.2 Å². The van der Waals surface area contributed by atoms with Gasteiger partial charge in [-0.15, -0.1) is 0 Å². The minimum Gasteiger partial charge on any atom is -0.484 e. The van der Waals surface area contributed by atoms with E-state index in [1.807, 2.05) is 24.3 Å². The average Bonchev–Trinajstić information content (AvgIpc) is 3.40. The highest BCUT2D eigenvalue weighted by atomic mass is 16.5. The zero-order valence-corrected chi connectivity index (χ0v) is 12.8. The van der Waals surface area contributed by atoms with E-state index >= 15 is 0 Å². The fraction of sp³-hybridized carbons (Fsp3) is 0.263. The van der Waals surface area contributed by atoms with Gasteiger partial charge in [-0.3, -0.25) is 4.79 Å². The van der Waals surface area contributed by atoms with Gasteiger partial charge in [0, 0.05) is 12.0 Å². The van der Waals surface area contributed by atoms with Crippen molar-refractivity contribution in [1.82, 2.24) is 5.32 Å². The molecule has 0 saturated heterocycles. The number of ether oxygens (including phenoxy) is 1. The molecule has 4 heteroatoms. The molecule has 0 spiro atoms. The van der Waals surface area contributed by atoms with Crippen molar-refractivity contribution in [3.63, 3.8) is 0 Å². The smallest absolute Gasteiger partial charge is 0.257 e. The quantitative estimate of drug-likeness (QED) is 0.892. The van der Waals surface area contributed by atoms with Crippen molar-refractivity contribution in [2.75, 3.05) is 13.2 Å². The zero-order valence-electron chi connectivity index (χ0n) is 12.8. The van der Waals surface area contributed by atoms with Gasteiger partial charge < -0.3 is 10.1 Å². The first-order valence-electron chi connectivity index (χ1n) is 7.67. The number of amides is 1. The van der Waals surface area contributed by atoms with Gasteiger partial charge in [0.15, 0.2) is 6.61 Å². The van der Waals surface area contributed by atoms with Gasteiger partial charge in [0.05, 0.1) is 11.6 Å². The lowest BCUT2D eigenvalue weighted by atomic mass is 9.96. The lowest BCUT2D eigenvalue weighted by Crippen LogP contribution is -2.35. The molecule has 1 aliphatic rings. The van der Waals surface area contributed by atoms with E-state index in [4.69, 9.17) is 10.00 Å². The van der Waals surface area contributed by atoms with Crippen LogP contribution >= 0.6 is 0 Å². The lowest BCUT2D eigenvalue weighted by Gasteiger charge is -2.16. The first-order chi connectivity index (χ1) is 11.2. The summed E-state index contributed by atoms with van der Waals surface area (Å²) in [4.78, 5) is 12.0. The maximum Gasteiger partial charge on any atom is 0.257 e. The van der Waals surface area contributed by atoms with Gasteiger partial charge in [-0.25, -0.2) is 0 Å². The molecule has 0 aromatic heterocycles. The fourth-order valence-electron chi connectivity index (χ4n) is 2.63. The Morgan fingerprint density at radius 3 is 2.65 bits per heavy atom. The fourth-order valence-corrected chi connectivity index (χ4v) is 2.63. The number of carbonyl (C=O) groups excluding carboxylic acids is 1. The Hall–Kier alpha value is -2.80. The van der Waals surface area contributed by atoms with Crippen LogP contribution in [0.1, 0.15) is 24.0 Å². The van der Waals surface area contributed by atoms with E-state index < -0.39 is 0 Å². The number of benzene rings is 2. The second-order valence-electron chi connectivity index (χ2n) is 5.85. The van der Waals surface area contributed by atoms with Gasteiger partial charge in [0.1, 0.15) is 5.75 Å². The summed E-state index contributed by atoms with van der Waals surface area (Å²) >= 11 is 0. The van der Waals surface area contributed by atoms with Crippen LogP contribution in [0.25, 0.3) is 0 Å². The molecule has 1 fully saturated rings. The van der Waals surface area contributed by atoms with Crippen molar-refractivity contribution in [2.45, 2.75) is 18.3 Å². The average molecular weight is 306 g/mol. The van der Waals surface area contributed by atoms with Crippen LogP contribution in [0.5, 0.6) is 5.75 Å². The van der Waals surface area contributed by atoms with E-state index in [2.05, 4.69) is 17.4 Å². The number of hydrogen-bond donors (Lipinski definition) is 1. The number of nitrogens with one attached hydrogen (secondary N) is 1. The van der Waals surface area contributed by atoms with Crippen LogP contribution in [-0.4, -0.2) is 19.1 Å². The van der Waals surface area contributed by atoms with Crippen LogP contribution in [0.3, 0.4) is 0 Å². The van der Waals surface area contributed by atoms with E-state index in [0.717, 1.165) is 12.8 Å². The van der Waals surface area contributed by atoms with E-state index in [-0.39, 0.29) is 17.9 Å². The van der Waals surface area contributed by atoms with E-state index in [1.165, 1.54) is 5.56 Å². The Kier molecular flexibility index (Phi) is 4.29. The summed E-state index contributed by atoms with van der Waals surface area (Å²) in [5.41, 5.74) is 1.89. The Morgan fingerprint density at radius 2 is 1.96 bits per heavy atom. The van der Waals surface area contributed by atoms with Crippen LogP contribution in [0.15, 0.2) is 54.6 Å². The Morgan fingerprint density at radius 1 is 1.17 bits per heavy atom. The maximum absolute atomic E-state index is 12.0. The summed E-state index contributed by atoms with van der Waals surface area (Å²) in [6.07, 6.45) is 2.20. The summed E-state index contributed by atoms with van der Waals surface area (Å²) in [6.45, 7) is 0.594.